The fourth-order valence-corrected chi connectivity index (χ4v) is 3.08. The second-order valence-corrected chi connectivity index (χ2v) is 7.12. The van der Waals surface area contributed by atoms with Gasteiger partial charge in [0, 0.05) is 11.1 Å². The van der Waals surface area contributed by atoms with Gasteiger partial charge in [-0.1, -0.05) is 42.5 Å². The van der Waals surface area contributed by atoms with Gasteiger partial charge >= 0.3 is 0 Å². The zero-order chi connectivity index (χ0) is 22.3. The summed E-state index contributed by atoms with van der Waals surface area (Å²) in [7, 11) is 0. The minimum absolute atomic E-state index is 0.100. The van der Waals surface area contributed by atoms with Gasteiger partial charge in [-0.3, -0.25) is 9.89 Å². The van der Waals surface area contributed by atoms with E-state index in [1.165, 1.54) is 0 Å². The van der Waals surface area contributed by atoms with Gasteiger partial charge in [-0.15, -0.1) is 0 Å². The van der Waals surface area contributed by atoms with Crippen molar-refractivity contribution in [1.29, 1.82) is 0 Å². The molecule has 0 atom stereocenters. The average molecular weight is 426 g/mol. The Hall–Kier alpha value is -4.39. The largest absolute Gasteiger partial charge is 0.507 e. The molecule has 0 aliphatic carbocycles. The molecule has 4 rings (SSSR count). The first kappa shape index (κ1) is 20.9. The first-order valence-corrected chi connectivity index (χ1v) is 10.1. The van der Waals surface area contributed by atoms with Crippen LogP contribution >= 0.6 is 0 Å². The zero-order valence-corrected chi connectivity index (χ0v) is 17.4. The predicted octanol–water partition coefficient (Wildman–Crippen LogP) is 4.52. The number of nitrogens with zero attached hydrogens (tertiary/aromatic N) is 2. The molecule has 160 valence electrons. The highest BCUT2D eigenvalue weighted by Gasteiger charge is 2.12. The number of aromatic nitrogens is 2. The maximum absolute atomic E-state index is 12.4. The van der Waals surface area contributed by atoms with Crippen molar-refractivity contribution in [2.75, 3.05) is 0 Å². The number of rotatable bonds is 7. The summed E-state index contributed by atoms with van der Waals surface area (Å²) in [6.45, 7) is 2.20. The Morgan fingerprint density at radius 1 is 1.03 bits per heavy atom. The molecule has 32 heavy (non-hydrogen) atoms. The molecule has 0 aliphatic rings. The molecule has 0 saturated heterocycles. The van der Waals surface area contributed by atoms with Crippen LogP contribution in [0.5, 0.6) is 11.5 Å². The predicted molar refractivity (Wildman–Crippen MR) is 123 cm³/mol. The molecule has 3 aromatic carbocycles. The number of H-pyrrole nitrogens is 1. The number of aromatic hydroxyl groups is 1. The molecule has 0 bridgehead atoms. The summed E-state index contributed by atoms with van der Waals surface area (Å²) in [4.78, 5) is 12.4. The molecule has 0 radical (unpaired) electrons. The van der Waals surface area contributed by atoms with Crippen molar-refractivity contribution in [3.05, 3.63) is 102 Å². The molecule has 7 nitrogen and oxygen atoms in total. The highest BCUT2D eigenvalue weighted by Crippen LogP contribution is 2.22. The number of aromatic amines is 1. The Labute approximate surface area is 185 Å². The Balaban J connectivity index is 1.38. The first-order valence-electron chi connectivity index (χ1n) is 10.1. The van der Waals surface area contributed by atoms with Crippen LogP contribution in [0.15, 0.2) is 90.0 Å². The molecule has 0 fully saturated rings. The minimum Gasteiger partial charge on any atom is -0.507 e. The van der Waals surface area contributed by atoms with Crippen molar-refractivity contribution in [1.82, 2.24) is 15.6 Å². The molecule has 0 spiro atoms. The van der Waals surface area contributed by atoms with Crippen molar-refractivity contribution < 1.29 is 14.6 Å². The van der Waals surface area contributed by atoms with Gasteiger partial charge in [0.15, 0.2) is 0 Å². The van der Waals surface area contributed by atoms with Gasteiger partial charge in [0.25, 0.3) is 5.91 Å². The Bertz CT molecular complexity index is 1230. The van der Waals surface area contributed by atoms with Crippen LogP contribution in [0, 0.1) is 0 Å². The number of ether oxygens (including phenoxy) is 1. The number of phenols is 1. The monoisotopic (exact) mass is 426 g/mol. The SMILES string of the molecule is CC(=NNC(=O)c1cc(-c2ccc(OCc3ccccc3)cc2)n[nH]1)c1ccccc1O. The number of para-hydroxylation sites is 1. The van der Waals surface area contributed by atoms with Crippen LogP contribution in [0.3, 0.4) is 0 Å². The molecule has 0 aliphatic heterocycles. The second-order valence-electron chi connectivity index (χ2n) is 7.12. The van der Waals surface area contributed by atoms with Crippen molar-refractivity contribution in [3.63, 3.8) is 0 Å². The number of benzene rings is 3. The quantitative estimate of drug-likeness (QED) is 0.299. The number of carbonyl (C=O) groups is 1. The van der Waals surface area contributed by atoms with E-state index in [2.05, 4.69) is 20.7 Å². The summed E-state index contributed by atoms with van der Waals surface area (Å²) in [5.41, 5.74) is 6.37. The fourth-order valence-electron chi connectivity index (χ4n) is 3.08. The van der Waals surface area contributed by atoms with Crippen molar-refractivity contribution in [2.45, 2.75) is 13.5 Å². The van der Waals surface area contributed by atoms with Crippen molar-refractivity contribution in [2.24, 2.45) is 5.10 Å². The van der Waals surface area contributed by atoms with Gasteiger partial charge in [-0.05, 0) is 55.0 Å². The Morgan fingerprint density at radius 2 is 1.75 bits per heavy atom. The van der Waals surface area contributed by atoms with Crippen LogP contribution in [0.1, 0.15) is 28.5 Å². The van der Waals surface area contributed by atoms with E-state index in [4.69, 9.17) is 4.74 Å². The third-order valence-electron chi connectivity index (χ3n) is 4.84. The third kappa shape index (κ3) is 5.02. The summed E-state index contributed by atoms with van der Waals surface area (Å²) in [6.07, 6.45) is 0. The summed E-state index contributed by atoms with van der Waals surface area (Å²) >= 11 is 0. The van der Waals surface area contributed by atoms with Gasteiger partial charge in [-0.2, -0.15) is 10.2 Å². The van der Waals surface area contributed by atoms with Crippen LogP contribution in [-0.4, -0.2) is 26.9 Å². The molecular formula is C25H22N4O3. The van der Waals surface area contributed by atoms with E-state index in [0.29, 0.717) is 23.6 Å². The smallest absolute Gasteiger partial charge is 0.289 e. The van der Waals surface area contributed by atoms with E-state index in [-0.39, 0.29) is 11.4 Å². The van der Waals surface area contributed by atoms with E-state index in [1.807, 2.05) is 54.6 Å². The molecule has 1 amide bonds. The van der Waals surface area contributed by atoms with E-state index in [9.17, 15) is 9.90 Å². The van der Waals surface area contributed by atoms with Gasteiger partial charge in [0.2, 0.25) is 0 Å². The lowest BCUT2D eigenvalue weighted by Gasteiger charge is -2.06. The van der Waals surface area contributed by atoms with Gasteiger partial charge < -0.3 is 9.84 Å². The Morgan fingerprint density at radius 3 is 2.50 bits per heavy atom. The molecule has 1 heterocycles. The van der Waals surface area contributed by atoms with Crippen molar-refractivity contribution in [3.8, 4) is 22.8 Å². The maximum Gasteiger partial charge on any atom is 0.289 e. The number of phenolic OH excluding ortho intramolecular Hbond substituents is 1. The van der Waals surface area contributed by atoms with Crippen LogP contribution in [0.25, 0.3) is 11.3 Å². The molecule has 3 N–H and O–H groups in total. The molecule has 0 saturated carbocycles. The number of hydrogen-bond acceptors (Lipinski definition) is 5. The molecule has 1 aromatic heterocycles. The second kappa shape index (κ2) is 9.61. The summed E-state index contributed by atoms with van der Waals surface area (Å²) in [5, 5.41) is 20.9. The van der Waals surface area contributed by atoms with E-state index in [0.717, 1.165) is 16.9 Å². The minimum atomic E-state index is -0.429. The van der Waals surface area contributed by atoms with Gasteiger partial charge in [0.1, 0.15) is 23.8 Å². The lowest BCUT2D eigenvalue weighted by Crippen LogP contribution is -2.19. The van der Waals surface area contributed by atoms with E-state index in [1.54, 1.807) is 37.3 Å². The number of carbonyl (C=O) groups excluding carboxylic acids is 1. The zero-order valence-electron chi connectivity index (χ0n) is 17.4. The van der Waals surface area contributed by atoms with E-state index >= 15 is 0 Å². The maximum atomic E-state index is 12.4. The molecular weight excluding hydrogens is 404 g/mol. The lowest BCUT2D eigenvalue weighted by atomic mass is 10.1. The number of amides is 1. The number of hydrogen-bond donors (Lipinski definition) is 3. The number of hydrazone groups is 1. The average Bonchev–Trinajstić information content (AvgIpc) is 3.33. The van der Waals surface area contributed by atoms with Gasteiger partial charge in [0.05, 0.1) is 11.4 Å². The van der Waals surface area contributed by atoms with Crippen molar-refractivity contribution >= 4 is 11.6 Å². The summed E-state index contributed by atoms with van der Waals surface area (Å²) in [5.74, 6) is 0.421. The normalized spacial score (nSPS) is 11.2. The van der Waals surface area contributed by atoms with Crippen LogP contribution in [0.2, 0.25) is 0 Å². The molecule has 0 unspecified atom stereocenters. The van der Waals surface area contributed by atoms with E-state index < -0.39 is 5.91 Å². The highest BCUT2D eigenvalue weighted by atomic mass is 16.5. The topological polar surface area (TPSA) is 99.6 Å². The standard InChI is InChI=1S/C25H22N4O3/c1-17(21-9-5-6-10-24(21)30)26-29-25(31)23-15-22(27-28-23)19-11-13-20(14-12-19)32-16-18-7-3-2-4-8-18/h2-15,30H,16H2,1H3,(H,27,28)(H,29,31). The molecule has 4 aromatic rings. The summed E-state index contributed by atoms with van der Waals surface area (Å²) < 4.78 is 5.80. The molecule has 7 heteroatoms. The third-order valence-corrected chi connectivity index (χ3v) is 4.84. The van der Waals surface area contributed by atoms with Crippen LogP contribution < -0.4 is 10.2 Å². The Kier molecular flexibility index (Phi) is 6.27. The first-order chi connectivity index (χ1) is 15.6. The van der Waals surface area contributed by atoms with Crippen LogP contribution in [0.4, 0.5) is 0 Å². The summed E-state index contributed by atoms with van der Waals surface area (Å²) in [6, 6.07) is 25.9. The highest BCUT2D eigenvalue weighted by molar-refractivity contribution is 6.02. The van der Waals surface area contributed by atoms with Crippen LogP contribution in [-0.2, 0) is 6.61 Å². The van der Waals surface area contributed by atoms with Gasteiger partial charge in [-0.25, -0.2) is 5.43 Å². The fraction of sp³-hybridized carbons (Fsp3) is 0.0800. The lowest BCUT2D eigenvalue weighted by molar-refractivity contribution is 0.0950. The number of nitrogens with one attached hydrogen (secondary N) is 2.